The Morgan fingerprint density at radius 3 is 1.51 bits per heavy atom. The van der Waals surface area contributed by atoms with E-state index in [1.165, 1.54) is 83.5 Å². The third-order valence-electron chi connectivity index (χ3n) is 9.08. The maximum atomic E-state index is 12.6. The van der Waals surface area contributed by atoms with Gasteiger partial charge in [-0.05, 0) is 77.0 Å². The molecule has 0 amide bonds. The van der Waals surface area contributed by atoms with Crippen LogP contribution in [0.25, 0.3) is 0 Å². The normalized spacial score (nSPS) is 14.0. The molecule has 0 spiro atoms. The van der Waals surface area contributed by atoms with E-state index < -0.39 is 32.5 Å². The van der Waals surface area contributed by atoms with Crippen LogP contribution in [-0.2, 0) is 32.7 Å². The number of phosphoric ester groups is 1. The minimum Gasteiger partial charge on any atom is -0.462 e. The fourth-order valence-corrected chi connectivity index (χ4v) is 6.55. The smallest absolute Gasteiger partial charge is 0.462 e. The van der Waals surface area contributed by atoms with Crippen molar-refractivity contribution in [2.75, 3.05) is 26.4 Å². The third-order valence-corrected chi connectivity index (χ3v) is 10.1. The van der Waals surface area contributed by atoms with Gasteiger partial charge in [0.25, 0.3) is 0 Å². The summed E-state index contributed by atoms with van der Waals surface area (Å²) >= 11 is 0. The molecule has 0 radical (unpaired) electrons. The van der Waals surface area contributed by atoms with Crippen molar-refractivity contribution in [3.8, 4) is 0 Å². The Balaban J connectivity index is 4.22. The van der Waals surface area contributed by atoms with Crippen LogP contribution >= 0.6 is 7.82 Å². The number of carbonyl (C=O) groups is 2. The molecule has 0 aliphatic rings. The highest BCUT2D eigenvalue weighted by molar-refractivity contribution is 7.47. The number of nitrogens with two attached hydrogens (primary N) is 1. The largest absolute Gasteiger partial charge is 0.472 e. The van der Waals surface area contributed by atoms with Crippen molar-refractivity contribution in [3.05, 3.63) is 72.9 Å². The van der Waals surface area contributed by atoms with Crippen LogP contribution in [0.5, 0.6) is 0 Å². The lowest BCUT2D eigenvalue weighted by molar-refractivity contribution is -0.161. The first-order chi connectivity index (χ1) is 27.8. The first kappa shape index (κ1) is 54.5. The van der Waals surface area contributed by atoms with E-state index in [1.807, 2.05) is 6.08 Å². The second-order valence-electron chi connectivity index (χ2n) is 14.5. The zero-order valence-electron chi connectivity index (χ0n) is 36.0. The number of hydrogen-bond donors (Lipinski definition) is 2. The molecule has 2 atom stereocenters. The minimum absolute atomic E-state index is 0.0410. The number of carbonyl (C=O) groups excluding carboxylic acids is 2. The van der Waals surface area contributed by atoms with E-state index in [9.17, 15) is 19.0 Å². The number of rotatable bonds is 41. The Labute approximate surface area is 348 Å². The van der Waals surface area contributed by atoms with E-state index in [1.54, 1.807) is 0 Å². The summed E-state index contributed by atoms with van der Waals surface area (Å²) in [7, 11) is -4.40. The summed E-state index contributed by atoms with van der Waals surface area (Å²) in [5.41, 5.74) is 5.35. The summed E-state index contributed by atoms with van der Waals surface area (Å²) in [6, 6.07) is 0. The zero-order chi connectivity index (χ0) is 41.8. The summed E-state index contributed by atoms with van der Waals surface area (Å²) in [5, 5.41) is 0. The van der Waals surface area contributed by atoms with Crippen molar-refractivity contribution in [2.45, 2.75) is 187 Å². The number of phosphoric acid groups is 1. The van der Waals surface area contributed by atoms with Gasteiger partial charge >= 0.3 is 19.8 Å². The van der Waals surface area contributed by atoms with Crippen LogP contribution in [0.1, 0.15) is 181 Å². The Morgan fingerprint density at radius 2 is 0.982 bits per heavy atom. The zero-order valence-corrected chi connectivity index (χ0v) is 36.9. The molecule has 0 bridgehead atoms. The average molecular weight is 820 g/mol. The van der Waals surface area contributed by atoms with Crippen LogP contribution in [0.4, 0.5) is 0 Å². The van der Waals surface area contributed by atoms with Crippen LogP contribution in [0.2, 0.25) is 0 Å². The van der Waals surface area contributed by atoms with E-state index in [0.29, 0.717) is 12.8 Å². The van der Waals surface area contributed by atoms with E-state index in [0.717, 1.165) is 57.8 Å². The van der Waals surface area contributed by atoms with Gasteiger partial charge in [0.15, 0.2) is 6.10 Å². The van der Waals surface area contributed by atoms with E-state index in [-0.39, 0.29) is 32.6 Å². The minimum atomic E-state index is -4.40. The van der Waals surface area contributed by atoms with Crippen LogP contribution in [0.15, 0.2) is 72.9 Å². The predicted octanol–water partition coefficient (Wildman–Crippen LogP) is 13.1. The fraction of sp³-hybridized carbons (Fsp3) is 0.702. The highest BCUT2D eigenvalue weighted by atomic mass is 31.2. The summed E-state index contributed by atoms with van der Waals surface area (Å²) in [6.45, 7) is 3.54. The molecule has 0 saturated carbocycles. The van der Waals surface area contributed by atoms with Gasteiger partial charge in [-0.1, -0.05) is 164 Å². The van der Waals surface area contributed by atoms with Gasteiger partial charge in [0.2, 0.25) is 0 Å². The molecule has 0 aliphatic heterocycles. The van der Waals surface area contributed by atoms with Crippen molar-refractivity contribution >= 4 is 19.8 Å². The molecule has 10 heteroatoms. The first-order valence-electron chi connectivity index (χ1n) is 22.4. The molecule has 0 aliphatic carbocycles. The van der Waals surface area contributed by atoms with E-state index >= 15 is 0 Å². The SMILES string of the molecule is CC/C=C\C/C=C\C/C=C\C/C=C\C/C=C\CCCC(=O)O[C@H](COC(=O)CCCCCCCCCCC/C=C\CCCCCCCC)COP(=O)(O)OCCN. The first-order valence-corrected chi connectivity index (χ1v) is 23.9. The number of esters is 2. The number of allylic oxidation sites excluding steroid dienone is 12. The van der Waals surface area contributed by atoms with Gasteiger partial charge in [-0.15, -0.1) is 0 Å². The maximum Gasteiger partial charge on any atom is 0.472 e. The molecule has 0 aromatic heterocycles. The topological polar surface area (TPSA) is 134 Å². The van der Waals surface area contributed by atoms with Crippen LogP contribution in [0, 0.1) is 0 Å². The van der Waals surface area contributed by atoms with Gasteiger partial charge in [-0.2, -0.15) is 0 Å². The van der Waals surface area contributed by atoms with Crippen LogP contribution < -0.4 is 5.73 Å². The van der Waals surface area contributed by atoms with E-state index in [4.69, 9.17) is 24.3 Å². The molecule has 0 aromatic carbocycles. The van der Waals surface area contributed by atoms with Gasteiger partial charge in [0.1, 0.15) is 6.61 Å². The average Bonchev–Trinajstić information content (AvgIpc) is 3.20. The summed E-state index contributed by atoms with van der Waals surface area (Å²) in [4.78, 5) is 34.9. The molecule has 57 heavy (non-hydrogen) atoms. The summed E-state index contributed by atoms with van der Waals surface area (Å²) in [5.74, 6) is -0.902. The summed E-state index contributed by atoms with van der Waals surface area (Å²) in [6.07, 6.45) is 52.3. The fourth-order valence-electron chi connectivity index (χ4n) is 5.78. The highest BCUT2D eigenvalue weighted by Gasteiger charge is 2.25. The number of unbranched alkanes of at least 4 members (excludes halogenated alkanes) is 16. The van der Waals surface area contributed by atoms with Crippen LogP contribution in [0.3, 0.4) is 0 Å². The Kier molecular flexibility index (Phi) is 41.1. The Hall–Kier alpha value is -2.55. The van der Waals surface area contributed by atoms with Gasteiger partial charge in [0.05, 0.1) is 13.2 Å². The van der Waals surface area contributed by atoms with Crippen molar-refractivity contribution in [2.24, 2.45) is 5.73 Å². The number of hydrogen-bond acceptors (Lipinski definition) is 8. The predicted molar refractivity (Wildman–Crippen MR) is 238 cm³/mol. The molecule has 0 saturated heterocycles. The van der Waals surface area contributed by atoms with Crippen LogP contribution in [-0.4, -0.2) is 49.3 Å². The van der Waals surface area contributed by atoms with Crippen molar-refractivity contribution in [1.82, 2.24) is 0 Å². The Morgan fingerprint density at radius 1 is 0.544 bits per heavy atom. The lowest BCUT2D eigenvalue weighted by Crippen LogP contribution is -2.29. The van der Waals surface area contributed by atoms with Crippen molar-refractivity contribution in [1.29, 1.82) is 0 Å². The second kappa shape index (κ2) is 43.0. The van der Waals surface area contributed by atoms with Gasteiger partial charge in [-0.3, -0.25) is 18.6 Å². The molecule has 0 fully saturated rings. The standard InChI is InChI=1S/C47H82NO8P/c1-3-5-7-9-11-13-15-17-19-21-22-24-25-27-29-31-33-35-37-39-46(49)53-43-45(44-55-57(51,52)54-42-41-48)56-47(50)40-38-36-34-32-30-28-26-23-20-18-16-14-12-10-8-6-4-2/h6,8,12,14,17-20,26,28,32,34,45H,3-5,7,9-11,13,15-16,21-25,27,29-31,33,35-44,48H2,1-2H3,(H,51,52)/b8-6-,14-12-,19-17-,20-18-,28-26-,34-32-/t45-/m1/s1. The maximum absolute atomic E-state index is 12.6. The summed E-state index contributed by atoms with van der Waals surface area (Å²) < 4.78 is 32.7. The molecular formula is C47H82NO8P. The number of ether oxygens (including phenoxy) is 2. The quantitative estimate of drug-likeness (QED) is 0.0267. The third kappa shape index (κ3) is 42.9. The molecule has 328 valence electrons. The van der Waals surface area contributed by atoms with E-state index in [2.05, 4.69) is 80.7 Å². The molecule has 9 nitrogen and oxygen atoms in total. The van der Waals surface area contributed by atoms with Gasteiger partial charge in [-0.25, -0.2) is 4.57 Å². The molecule has 0 heterocycles. The highest BCUT2D eigenvalue weighted by Crippen LogP contribution is 2.43. The van der Waals surface area contributed by atoms with Gasteiger partial charge in [0, 0.05) is 19.4 Å². The lowest BCUT2D eigenvalue weighted by atomic mass is 10.1. The van der Waals surface area contributed by atoms with Gasteiger partial charge < -0.3 is 20.1 Å². The lowest BCUT2D eigenvalue weighted by Gasteiger charge is -2.19. The second-order valence-corrected chi connectivity index (χ2v) is 16.0. The van der Waals surface area contributed by atoms with Crippen molar-refractivity contribution < 1.29 is 37.6 Å². The Bertz CT molecular complexity index is 1160. The molecule has 0 aromatic rings. The molecule has 0 rings (SSSR count). The molecule has 1 unspecified atom stereocenters. The van der Waals surface area contributed by atoms with Crippen molar-refractivity contribution in [3.63, 3.8) is 0 Å². The molecule has 3 N–H and O–H groups in total. The monoisotopic (exact) mass is 820 g/mol. The molecular weight excluding hydrogens is 737 g/mol.